The van der Waals surface area contributed by atoms with E-state index in [1.54, 1.807) is 29.4 Å². The highest BCUT2D eigenvalue weighted by atomic mass is 16.3. The van der Waals surface area contributed by atoms with Gasteiger partial charge in [-0.2, -0.15) is 0 Å². The van der Waals surface area contributed by atoms with Gasteiger partial charge in [0.25, 0.3) is 11.8 Å². The summed E-state index contributed by atoms with van der Waals surface area (Å²) in [5, 5.41) is 13.5. The Bertz CT molecular complexity index is 950. The van der Waals surface area contributed by atoms with Crippen molar-refractivity contribution < 1.29 is 14.7 Å². The molecule has 1 aromatic carbocycles. The number of amides is 2. The number of carbonyl (C=O) groups excluding carboxylic acids is 2. The normalized spacial score (nSPS) is 20.3. The summed E-state index contributed by atoms with van der Waals surface area (Å²) in [7, 11) is 0. The summed E-state index contributed by atoms with van der Waals surface area (Å²) in [5.74, 6) is -0.108. The first-order valence-corrected chi connectivity index (χ1v) is 12.2. The van der Waals surface area contributed by atoms with Crippen molar-refractivity contribution in [3.05, 3.63) is 59.4 Å². The van der Waals surface area contributed by atoms with Crippen molar-refractivity contribution in [2.75, 3.05) is 31.1 Å². The van der Waals surface area contributed by atoms with Gasteiger partial charge < -0.3 is 20.2 Å². The second kappa shape index (κ2) is 11.4. The molecule has 2 aromatic rings. The number of benzene rings is 1. The van der Waals surface area contributed by atoms with Crippen LogP contribution >= 0.6 is 0 Å². The highest BCUT2D eigenvalue weighted by Crippen LogP contribution is 2.27. The minimum atomic E-state index is -0.456. The third-order valence-corrected chi connectivity index (χ3v) is 6.52. The maximum Gasteiger partial charge on any atom is 0.258 e. The Morgan fingerprint density at radius 1 is 0.909 bits per heavy atom. The first-order chi connectivity index (χ1) is 16.1. The van der Waals surface area contributed by atoms with Crippen molar-refractivity contribution in [2.24, 2.45) is 0 Å². The first kappa shape index (κ1) is 23.4. The minimum Gasteiger partial charge on any atom is -0.391 e. The number of aliphatic hydroxyl groups is 1. The molecule has 1 unspecified atom stereocenters. The van der Waals surface area contributed by atoms with Crippen molar-refractivity contribution in [3.8, 4) is 0 Å². The Morgan fingerprint density at radius 2 is 1.70 bits per heavy atom. The fourth-order valence-corrected chi connectivity index (χ4v) is 4.70. The minimum absolute atomic E-state index is 0.0473. The van der Waals surface area contributed by atoms with Gasteiger partial charge in [0.05, 0.1) is 6.10 Å². The molecule has 1 saturated heterocycles. The van der Waals surface area contributed by atoms with E-state index in [2.05, 4.69) is 10.3 Å². The molecule has 1 aromatic heterocycles. The fourth-order valence-electron chi connectivity index (χ4n) is 4.70. The van der Waals surface area contributed by atoms with E-state index in [1.807, 2.05) is 23.1 Å². The lowest BCUT2D eigenvalue weighted by Gasteiger charge is -2.31. The Kier molecular flexibility index (Phi) is 8.07. The zero-order chi connectivity index (χ0) is 23.0. The van der Waals surface area contributed by atoms with Crippen molar-refractivity contribution in [1.29, 1.82) is 0 Å². The van der Waals surface area contributed by atoms with E-state index in [-0.39, 0.29) is 11.8 Å². The second-order valence-electron chi connectivity index (χ2n) is 9.03. The number of hydrogen-bond donors (Lipinski definition) is 2. The molecule has 3 heterocycles. The van der Waals surface area contributed by atoms with E-state index in [4.69, 9.17) is 0 Å². The quantitative estimate of drug-likeness (QED) is 0.733. The first-order valence-electron chi connectivity index (χ1n) is 12.2. The number of aromatic nitrogens is 1. The monoisotopic (exact) mass is 450 g/mol. The van der Waals surface area contributed by atoms with Crippen LogP contribution in [0.2, 0.25) is 0 Å². The lowest BCUT2D eigenvalue weighted by molar-refractivity contribution is 0.0473. The van der Waals surface area contributed by atoms with E-state index in [1.165, 1.54) is 12.8 Å². The van der Waals surface area contributed by atoms with E-state index in [0.717, 1.165) is 49.9 Å². The average molecular weight is 451 g/mol. The van der Waals surface area contributed by atoms with E-state index in [0.29, 0.717) is 37.3 Å². The molecular weight excluding hydrogens is 416 g/mol. The van der Waals surface area contributed by atoms with E-state index < -0.39 is 6.10 Å². The standard InChI is InChI=1S/C26H34N4O3/c31-23-7-6-15-29(19-23)25(32)21-8-9-24-22(17-21)18-28-12-4-2-1-3-5-16-30(24)26(33)20-10-13-27-14-11-20/h8-11,13-14,17,23,28,31H,1-7,12,15-16,18-19H2. The van der Waals surface area contributed by atoms with Crippen LogP contribution in [0, 0.1) is 0 Å². The van der Waals surface area contributed by atoms with Gasteiger partial charge in [0.1, 0.15) is 0 Å². The van der Waals surface area contributed by atoms with Crippen LogP contribution in [0.15, 0.2) is 42.7 Å². The summed E-state index contributed by atoms with van der Waals surface area (Å²) in [4.78, 5) is 34.2. The lowest BCUT2D eigenvalue weighted by Crippen LogP contribution is -2.42. The molecule has 0 spiro atoms. The molecule has 0 aliphatic carbocycles. The van der Waals surface area contributed by atoms with Crippen LogP contribution in [-0.4, -0.2) is 59.1 Å². The van der Waals surface area contributed by atoms with Crippen molar-refractivity contribution in [3.63, 3.8) is 0 Å². The van der Waals surface area contributed by atoms with Gasteiger partial charge in [0.15, 0.2) is 0 Å². The third-order valence-electron chi connectivity index (χ3n) is 6.52. The van der Waals surface area contributed by atoms with Gasteiger partial charge in [-0.05, 0) is 68.1 Å². The second-order valence-corrected chi connectivity index (χ2v) is 9.03. The van der Waals surface area contributed by atoms with Crippen LogP contribution in [0.5, 0.6) is 0 Å². The molecule has 1 fully saturated rings. The number of hydrogen-bond acceptors (Lipinski definition) is 5. The smallest absolute Gasteiger partial charge is 0.258 e. The number of likely N-dealkylation sites (tertiary alicyclic amines) is 1. The molecule has 7 nitrogen and oxygen atoms in total. The number of piperidine rings is 1. The van der Waals surface area contributed by atoms with E-state index >= 15 is 0 Å². The van der Waals surface area contributed by atoms with Crippen molar-refractivity contribution >= 4 is 17.5 Å². The Balaban J connectivity index is 1.66. The van der Waals surface area contributed by atoms with Crippen LogP contribution < -0.4 is 10.2 Å². The number of nitrogens with zero attached hydrogens (tertiary/aromatic N) is 3. The Morgan fingerprint density at radius 3 is 2.52 bits per heavy atom. The topological polar surface area (TPSA) is 85.8 Å². The largest absolute Gasteiger partial charge is 0.391 e. The zero-order valence-corrected chi connectivity index (χ0v) is 19.2. The highest BCUT2D eigenvalue weighted by Gasteiger charge is 2.25. The molecule has 0 saturated carbocycles. The summed E-state index contributed by atoms with van der Waals surface area (Å²) in [6, 6.07) is 9.15. The number of β-amino-alcohol motifs (C(OH)–C–C–N with tert-alkyl or cyclic N) is 1. The molecule has 33 heavy (non-hydrogen) atoms. The Labute approximate surface area is 195 Å². The molecule has 0 bridgehead atoms. The number of aliphatic hydroxyl groups excluding tert-OH is 1. The summed E-state index contributed by atoms with van der Waals surface area (Å²) in [5.41, 5.74) is 3.01. The molecule has 4 rings (SSSR count). The molecule has 0 radical (unpaired) electrons. The van der Waals surface area contributed by atoms with Gasteiger partial charge in [0.2, 0.25) is 0 Å². The predicted octanol–water partition coefficient (Wildman–Crippen LogP) is 3.38. The van der Waals surface area contributed by atoms with Crippen LogP contribution in [0.3, 0.4) is 0 Å². The van der Waals surface area contributed by atoms with Crippen molar-refractivity contribution in [2.45, 2.75) is 57.6 Å². The maximum absolute atomic E-state index is 13.5. The van der Waals surface area contributed by atoms with Crippen molar-refractivity contribution in [1.82, 2.24) is 15.2 Å². The molecule has 2 amide bonds. The maximum atomic E-state index is 13.5. The van der Waals surface area contributed by atoms with Crippen LogP contribution in [0.4, 0.5) is 5.69 Å². The molecule has 7 heteroatoms. The summed E-state index contributed by atoms with van der Waals surface area (Å²) in [6.07, 6.45) is 9.87. The van der Waals surface area contributed by atoms with E-state index in [9.17, 15) is 14.7 Å². The fraction of sp³-hybridized carbons (Fsp3) is 0.500. The number of fused-ring (bicyclic) bond motifs is 1. The molecule has 176 valence electrons. The number of carbonyl (C=O) groups is 2. The number of rotatable bonds is 2. The summed E-state index contributed by atoms with van der Waals surface area (Å²) >= 11 is 0. The third kappa shape index (κ3) is 5.97. The number of anilines is 1. The molecule has 2 N–H and O–H groups in total. The summed E-state index contributed by atoms with van der Waals surface area (Å²) < 4.78 is 0. The molecular formula is C26H34N4O3. The van der Waals surface area contributed by atoms with Gasteiger partial charge in [-0.1, -0.05) is 19.3 Å². The number of pyridine rings is 1. The zero-order valence-electron chi connectivity index (χ0n) is 19.2. The van der Waals surface area contributed by atoms with Gasteiger partial charge in [-0.25, -0.2) is 0 Å². The molecule has 2 aliphatic heterocycles. The SMILES string of the molecule is O=C(c1ccc2c(c1)CNCCCCCCCN2C(=O)c1ccncc1)N1CCCC(O)C1. The van der Waals surface area contributed by atoms with Gasteiger partial charge in [0, 0.05) is 55.4 Å². The average Bonchev–Trinajstić information content (AvgIpc) is 2.84. The van der Waals surface area contributed by atoms with Gasteiger partial charge in [-0.15, -0.1) is 0 Å². The van der Waals surface area contributed by atoms with Crippen LogP contribution in [-0.2, 0) is 6.54 Å². The van der Waals surface area contributed by atoms with Crippen LogP contribution in [0.25, 0.3) is 0 Å². The predicted molar refractivity (Wildman–Crippen MR) is 128 cm³/mol. The van der Waals surface area contributed by atoms with Crippen LogP contribution in [0.1, 0.15) is 71.2 Å². The molecule has 1 atom stereocenters. The summed E-state index contributed by atoms with van der Waals surface area (Å²) in [6.45, 7) is 3.19. The lowest BCUT2D eigenvalue weighted by atomic mass is 10.0. The van der Waals surface area contributed by atoms with Gasteiger partial charge in [-0.3, -0.25) is 14.6 Å². The Hall–Kier alpha value is -2.77. The van der Waals surface area contributed by atoms with Gasteiger partial charge >= 0.3 is 0 Å². The number of nitrogens with one attached hydrogen (secondary N) is 1. The highest BCUT2D eigenvalue weighted by molar-refractivity contribution is 6.06. The molecule has 2 aliphatic rings.